The van der Waals surface area contributed by atoms with E-state index in [0.29, 0.717) is 17.1 Å². The van der Waals surface area contributed by atoms with Crippen molar-refractivity contribution in [3.05, 3.63) is 107 Å². The van der Waals surface area contributed by atoms with Crippen LogP contribution >= 0.6 is 11.3 Å². The topological polar surface area (TPSA) is 71.1 Å². The molecular formula is C26H23N3O2S. The zero-order valence-electron chi connectivity index (χ0n) is 17.6. The molecule has 0 fully saturated rings. The number of aryl methyl sites for hydroxylation is 1. The number of rotatable bonds is 7. The normalized spacial score (nSPS) is 11.5. The first-order valence-corrected chi connectivity index (χ1v) is 11.2. The summed E-state index contributed by atoms with van der Waals surface area (Å²) in [6.07, 6.45) is 0.376. The van der Waals surface area contributed by atoms with Gasteiger partial charge in [0.05, 0.1) is 5.69 Å². The lowest BCUT2D eigenvalue weighted by Crippen LogP contribution is -2.45. The zero-order chi connectivity index (χ0) is 22.3. The number of amides is 2. The molecular weight excluding hydrogens is 418 g/mol. The molecule has 0 radical (unpaired) electrons. The summed E-state index contributed by atoms with van der Waals surface area (Å²) >= 11 is 1.42. The van der Waals surface area contributed by atoms with Crippen molar-refractivity contribution in [1.29, 1.82) is 0 Å². The number of anilines is 1. The molecule has 0 aliphatic carbocycles. The largest absolute Gasteiger partial charge is 0.340 e. The Bertz CT molecular complexity index is 1190. The van der Waals surface area contributed by atoms with Crippen molar-refractivity contribution in [2.45, 2.75) is 19.4 Å². The summed E-state index contributed by atoms with van der Waals surface area (Å²) in [5.74, 6) is -0.589. The number of carbonyl (C=O) groups is 2. The monoisotopic (exact) mass is 441 g/mol. The number of nitrogens with zero attached hydrogens (tertiary/aromatic N) is 1. The third-order valence-corrected chi connectivity index (χ3v) is 5.90. The van der Waals surface area contributed by atoms with Crippen molar-refractivity contribution >= 4 is 28.3 Å². The summed E-state index contributed by atoms with van der Waals surface area (Å²) < 4.78 is 0. The van der Waals surface area contributed by atoms with Crippen LogP contribution in [0.25, 0.3) is 11.3 Å². The van der Waals surface area contributed by atoms with Gasteiger partial charge >= 0.3 is 0 Å². The molecule has 3 aromatic carbocycles. The third-order valence-electron chi connectivity index (χ3n) is 5.01. The molecule has 0 saturated carbocycles. The molecule has 0 spiro atoms. The fourth-order valence-electron chi connectivity index (χ4n) is 3.40. The Balaban J connectivity index is 1.54. The Morgan fingerprint density at radius 2 is 1.47 bits per heavy atom. The molecule has 4 aromatic rings. The Kier molecular flexibility index (Phi) is 6.72. The van der Waals surface area contributed by atoms with Crippen molar-refractivity contribution in [3.8, 4) is 11.3 Å². The molecule has 1 atom stereocenters. The summed E-state index contributed by atoms with van der Waals surface area (Å²) in [5, 5.41) is 6.30. The number of thiazole rings is 1. The molecule has 32 heavy (non-hydrogen) atoms. The Morgan fingerprint density at radius 1 is 0.875 bits per heavy atom. The molecule has 0 aliphatic heterocycles. The highest BCUT2D eigenvalue weighted by atomic mass is 32.1. The summed E-state index contributed by atoms with van der Waals surface area (Å²) in [6, 6.07) is 27.6. The Labute approximate surface area is 191 Å². The van der Waals surface area contributed by atoms with E-state index in [0.717, 1.165) is 21.7 Å². The minimum absolute atomic E-state index is 0.290. The Hall–Kier alpha value is -3.77. The summed E-state index contributed by atoms with van der Waals surface area (Å²) in [5.41, 5.74) is 3.31. The highest BCUT2D eigenvalue weighted by Gasteiger charge is 2.23. The number of hydrogen-bond donors (Lipinski definition) is 2. The van der Waals surface area contributed by atoms with E-state index < -0.39 is 6.04 Å². The number of aromatic nitrogens is 1. The van der Waals surface area contributed by atoms with Gasteiger partial charge in [-0.2, -0.15) is 0 Å². The van der Waals surface area contributed by atoms with Gasteiger partial charge in [-0.15, -0.1) is 11.3 Å². The highest BCUT2D eigenvalue weighted by molar-refractivity contribution is 7.16. The van der Waals surface area contributed by atoms with Crippen LogP contribution in [0, 0.1) is 6.92 Å². The first-order chi connectivity index (χ1) is 15.6. The van der Waals surface area contributed by atoms with E-state index in [-0.39, 0.29) is 11.8 Å². The van der Waals surface area contributed by atoms with E-state index in [4.69, 9.17) is 0 Å². The average molecular weight is 442 g/mol. The number of benzene rings is 3. The Morgan fingerprint density at radius 3 is 2.12 bits per heavy atom. The van der Waals surface area contributed by atoms with Crippen molar-refractivity contribution in [3.63, 3.8) is 0 Å². The van der Waals surface area contributed by atoms with E-state index in [9.17, 15) is 9.59 Å². The molecule has 2 amide bonds. The van der Waals surface area contributed by atoms with E-state index in [1.807, 2.05) is 73.7 Å². The summed E-state index contributed by atoms with van der Waals surface area (Å²) in [7, 11) is 0. The summed E-state index contributed by atoms with van der Waals surface area (Å²) in [6.45, 7) is 1.98. The number of carbonyl (C=O) groups excluding carboxylic acids is 2. The smallest absolute Gasteiger partial charge is 0.251 e. The van der Waals surface area contributed by atoms with Crippen LogP contribution in [-0.2, 0) is 11.2 Å². The molecule has 1 aromatic heterocycles. The van der Waals surface area contributed by atoms with Crippen LogP contribution in [0.4, 0.5) is 5.13 Å². The molecule has 160 valence electrons. The minimum atomic E-state index is -0.741. The fraction of sp³-hybridized carbons (Fsp3) is 0.115. The van der Waals surface area contributed by atoms with Gasteiger partial charge in [0.15, 0.2) is 5.13 Å². The van der Waals surface area contributed by atoms with Crippen LogP contribution in [-0.4, -0.2) is 22.8 Å². The lowest BCUT2D eigenvalue weighted by molar-refractivity contribution is -0.118. The van der Waals surface area contributed by atoms with E-state index in [1.165, 1.54) is 11.3 Å². The first kappa shape index (κ1) is 21.5. The van der Waals surface area contributed by atoms with Crippen LogP contribution < -0.4 is 10.6 Å². The molecule has 0 aliphatic rings. The van der Waals surface area contributed by atoms with Crippen molar-refractivity contribution < 1.29 is 9.59 Å². The molecule has 4 rings (SSSR count). The second-order valence-corrected chi connectivity index (χ2v) is 8.56. The van der Waals surface area contributed by atoms with Crippen molar-refractivity contribution in [1.82, 2.24) is 10.3 Å². The van der Waals surface area contributed by atoms with E-state index >= 15 is 0 Å². The fourth-order valence-corrected chi connectivity index (χ4v) is 4.24. The second kappa shape index (κ2) is 10.0. The van der Waals surface area contributed by atoms with Crippen LogP contribution in [0.15, 0.2) is 91.0 Å². The molecule has 0 bridgehead atoms. The molecule has 0 unspecified atom stereocenters. The first-order valence-electron chi connectivity index (χ1n) is 10.3. The van der Waals surface area contributed by atoms with Gasteiger partial charge in [0.2, 0.25) is 5.91 Å². The predicted molar refractivity (Wildman–Crippen MR) is 129 cm³/mol. The maximum Gasteiger partial charge on any atom is 0.251 e. The molecule has 6 heteroatoms. The molecule has 5 nitrogen and oxygen atoms in total. The van der Waals surface area contributed by atoms with E-state index in [1.54, 1.807) is 24.3 Å². The van der Waals surface area contributed by atoms with Gasteiger partial charge < -0.3 is 10.6 Å². The lowest BCUT2D eigenvalue weighted by Gasteiger charge is -2.18. The average Bonchev–Trinajstić information content (AvgIpc) is 3.20. The minimum Gasteiger partial charge on any atom is -0.340 e. The van der Waals surface area contributed by atoms with Gasteiger partial charge in [-0.25, -0.2) is 4.98 Å². The van der Waals surface area contributed by atoms with Crippen molar-refractivity contribution in [2.24, 2.45) is 0 Å². The highest BCUT2D eigenvalue weighted by Crippen LogP contribution is 2.30. The van der Waals surface area contributed by atoms with Gasteiger partial charge in [0, 0.05) is 22.4 Å². The maximum atomic E-state index is 13.2. The van der Waals surface area contributed by atoms with Crippen LogP contribution in [0.5, 0.6) is 0 Å². The maximum absolute atomic E-state index is 13.2. The number of hydrogen-bond acceptors (Lipinski definition) is 4. The SMILES string of the molecule is Cc1sc(NC(=O)[C@@H](Cc2ccccc2)NC(=O)c2ccccc2)nc1-c1ccccc1. The van der Waals surface area contributed by atoms with Crippen LogP contribution in [0.1, 0.15) is 20.8 Å². The quantitative estimate of drug-likeness (QED) is 0.419. The summed E-state index contributed by atoms with van der Waals surface area (Å²) in [4.78, 5) is 31.6. The van der Waals surface area contributed by atoms with Crippen LogP contribution in [0.3, 0.4) is 0 Å². The van der Waals surface area contributed by atoms with Gasteiger partial charge in [-0.3, -0.25) is 9.59 Å². The lowest BCUT2D eigenvalue weighted by atomic mass is 10.0. The van der Waals surface area contributed by atoms with Gasteiger partial charge in [0.1, 0.15) is 6.04 Å². The van der Waals surface area contributed by atoms with Gasteiger partial charge in [0.25, 0.3) is 5.91 Å². The van der Waals surface area contributed by atoms with Crippen molar-refractivity contribution in [2.75, 3.05) is 5.32 Å². The molecule has 2 N–H and O–H groups in total. The predicted octanol–water partition coefficient (Wildman–Crippen LogP) is 5.10. The van der Waals surface area contributed by atoms with Crippen LogP contribution in [0.2, 0.25) is 0 Å². The standard InChI is InChI=1S/C26H23N3O2S/c1-18-23(20-13-7-3-8-14-20)28-26(32-18)29-25(31)22(17-19-11-5-2-6-12-19)27-24(30)21-15-9-4-10-16-21/h2-16,22H,17H2,1H3,(H,27,30)(H,28,29,31)/t22-/m1/s1. The molecule has 0 saturated heterocycles. The van der Waals surface area contributed by atoms with Gasteiger partial charge in [-0.1, -0.05) is 78.9 Å². The molecule has 1 heterocycles. The van der Waals surface area contributed by atoms with Gasteiger partial charge in [-0.05, 0) is 24.6 Å². The zero-order valence-corrected chi connectivity index (χ0v) is 18.4. The van der Waals surface area contributed by atoms with E-state index in [2.05, 4.69) is 15.6 Å². The number of nitrogens with one attached hydrogen (secondary N) is 2. The second-order valence-electron chi connectivity index (χ2n) is 7.36. The third kappa shape index (κ3) is 5.28.